The summed E-state index contributed by atoms with van der Waals surface area (Å²) in [6.07, 6.45) is 7.45. The third kappa shape index (κ3) is 4.44. The van der Waals surface area contributed by atoms with Crippen LogP contribution in [0.1, 0.15) is 25.7 Å². The lowest BCUT2D eigenvalue weighted by Crippen LogP contribution is -2.33. The Balaban J connectivity index is 1.54. The molecule has 1 aliphatic rings. The molecule has 2 rings (SSSR count). The summed E-state index contributed by atoms with van der Waals surface area (Å²) in [5, 5.41) is 13.9. The number of carbonyl (C=O) groups is 1. The van der Waals surface area contributed by atoms with Gasteiger partial charge in [-0.2, -0.15) is 0 Å². The maximum atomic E-state index is 11.6. The van der Waals surface area contributed by atoms with E-state index in [4.69, 9.17) is 0 Å². The molecule has 0 saturated carbocycles. The summed E-state index contributed by atoms with van der Waals surface area (Å²) in [6, 6.07) is 0. The van der Waals surface area contributed by atoms with Crippen molar-refractivity contribution in [2.45, 2.75) is 32.2 Å². The molecule has 0 aromatic carbocycles. The van der Waals surface area contributed by atoms with Crippen molar-refractivity contribution in [2.24, 2.45) is 5.92 Å². The minimum absolute atomic E-state index is 0.0919. The van der Waals surface area contributed by atoms with Gasteiger partial charge in [-0.25, -0.2) is 0 Å². The van der Waals surface area contributed by atoms with Gasteiger partial charge >= 0.3 is 0 Å². The van der Waals surface area contributed by atoms with Crippen molar-refractivity contribution in [1.82, 2.24) is 25.6 Å². The minimum Gasteiger partial charge on any atom is -0.356 e. The lowest BCUT2D eigenvalue weighted by atomic mass is 9.96. The first kappa shape index (κ1) is 13.0. The Kier molecular flexibility index (Phi) is 5.14. The van der Waals surface area contributed by atoms with Gasteiger partial charge in [0.15, 0.2) is 0 Å². The molecule has 2 N–H and O–H groups in total. The van der Waals surface area contributed by atoms with Crippen LogP contribution < -0.4 is 10.6 Å². The zero-order chi connectivity index (χ0) is 12.6. The predicted molar refractivity (Wildman–Crippen MR) is 67.9 cm³/mol. The first-order valence-corrected chi connectivity index (χ1v) is 6.66. The maximum absolute atomic E-state index is 11.6. The van der Waals surface area contributed by atoms with Gasteiger partial charge < -0.3 is 10.6 Å². The highest BCUT2D eigenvalue weighted by Gasteiger charge is 2.12. The van der Waals surface area contributed by atoms with E-state index in [2.05, 4.69) is 20.9 Å². The lowest BCUT2D eigenvalue weighted by Gasteiger charge is -2.22. The molecule has 6 heteroatoms. The van der Waals surface area contributed by atoms with Crippen LogP contribution in [0, 0.1) is 5.92 Å². The van der Waals surface area contributed by atoms with Gasteiger partial charge in [-0.05, 0) is 38.3 Å². The third-order valence-electron chi connectivity index (χ3n) is 3.31. The van der Waals surface area contributed by atoms with E-state index in [9.17, 15) is 4.79 Å². The lowest BCUT2D eigenvalue weighted by molar-refractivity contribution is -0.121. The van der Waals surface area contributed by atoms with E-state index in [1.54, 1.807) is 17.1 Å². The second-order valence-corrected chi connectivity index (χ2v) is 4.77. The number of aryl methyl sites for hydroxylation is 1. The van der Waals surface area contributed by atoms with Crippen LogP contribution in [0.5, 0.6) is 0 Å². The average molecular weight is 251 g/mol. The summed E-state index contributed by atoms with van der Waals surface area (Å²) in [4.78, 5) is 11.6. The Labute approximate surface area is 107 Å². The molecule has 100 valence electrons. The standard InChI is InChI=1S/C12H21N5O/c18-12(4-8-17-9-7-15-16-17)14-6-3-11-2-1-5-13-10-11/h7,9,11,13H,1-6,8,10H2,(H,14,18). The molecule has 1 amide bonds. The van der Waals surface area contributed by atoms with Gasteiger partial charge in [0.25, 0.3) is 0 Å². The van der Waals surface area contributed by atoms with Crippen molar-refractivity contribution in [3.8, 4) is 0 Å². The molecule has 1 aliphatic heterocycles. The highest BCUT2D eigenvalue weighted by atomic mass is 16.1. The molecule has 18 heavy (non-hydrogen) atoms. The van der Waals surface area contributed by atoms with Crippen LogP contribution >= 0.6 is 0 Å². The first-order valence-electron chi connectivity index (χ1n) is 6.66. The smallest absolute Gasteiger partial charge is 0.221 e. The molecular formula is C12H21N5O. The zero-order valence-electron chi connectivity index (χ0n) is 10.6. The number of nitrogens with zero attached hydrogens (tertiary/aromatic N) is 3. The predicted octanol–water partition coefficient (Wildman–Crippen LogP) is 0.174. The molecule has 1 fully saturated rings. The molecule has 0 bridgehead atoms. The molecule has 0 radical (unpaired) electrons. The van der Waals surface area contributed by atoms with Crippen molar-refractivity contribution in [1.29, 1.82) is 0 Å². The van der Waals surface area contributed by atoms with Crippen LogP contribution in [-0.2, 0) is 11.3 Å². The number of hydrogen-bond donors (Lipinski definition) is 2. The Morgan fingerprint density at radius 1 is 1.56 bits per heavy atom. The molecule has 0 spiro atoms. The summed E-state index contributed by atoms with van der Waals surface area (Å²) >= 11 is 0. The summed E-state index contributed by atoms with van der Waals surface area (Å²) in [5.74, 6) is 0.809. The number of amides is 1. The third-order valence-corrected chi connectivity index (χ3v) is 3.31. The topological polar surface area (TPSA) is 71.8 Å². The summed E-state index contributed by atoms with van der Waals surface area (Å²) in [5.41, 5.74) is 0. The quantitative estimate of drug-likeness (QED) is 0.756. The van der Waals surface area contributed by atoms with Crippen molar-refractivity contribution in [3.63, 3.8) is 0 Å². The van der Waals surface area contributed by atoms with E-state index in [0.717, 1.165) is 32.0 Å². The molecule has 1 unspecified atom stereocenters. The van der Waals surface area contributed by atoms with Crippen molar-refractivity contribution < 1.29 is 4.79 Å². The molecule has 1 aromatic heterocycles. The zero-order valence-corrected chi connectivity index (χ0v) is 10.6. The number of carbonyl (C=O) groups excluding carboxylic acids is 1. The SMILES string of the molecule is O=C(CCn1ccnn1)NCCC1CCCNC1. The van der Waals surface area contributed by atoms with Crippen LogP contribution in [0.25, 0.3) is 0 Å². The Morgan fingerprint density at radius 3 is 3.22 bits per heavy atom. The van der Waals surface area contributed by atoms with E-state index in [-0.39, 0.29) is 5.91 Å². The van der Waals surface area contributed by atoms with Gasteiger partial charge in [0.1, 0.15) is 0 Å². The van der Waals surface area contributed by atoms with E-state index in [1.165, 1.54) is 12.8 Å². The average Bonchev–Trinajstić information content (AvgIpc) is 2.91. The van der Waals surface area contributed by atoms with E-state index < -0.39 is 0 Å². The van der Waals surface area contributed by atoms with Gasteiger partial charge in [-0.3, -0.25) is 9.48 Å². The number of nitrogens with one attached hydrogen (secondary N) is 2. The molecule has 6 nitrogen and oxygen atoms in total. The van der Waals surface area contributed by atoms with Crippen molar-refractivity contribution >= 4 is 5.91 Å². The Bertz CT molecular complexity index is 345. The monoisotopic (exact) mass is 251 g/mol. The number of rotatable bonds is 6. The van der Waals surface area contributed by atoms with Crippen LogP contribution in [-0.4, -0.2) is 40.5 Å². The largest absolute Gasteiger partial charge is 0.356 e. The first-order chi connectivity index (χ1) is 8.84. The fourth-order valence-corrected chi connectivity index (χ4v) is 2.24. The summed E-state index contributed by atoms with van der Waals surface area (Å²) < 4.78 is 1.67. The number of hydrogen-bond acceptors (Lipinski definition) is 4. The van der Waals surface area contributed by atoms with Gasteiger partial charge in [0, 0.05) is 19.2 Å². The maximum Gasteiger partial charge on any atom is 0.221 e. The van der Waals surface area contributed by atoms with Crippen molar-refractivity contribution in [2.75, 3.05) is 19.6 Å². The highest BCUT2D eigenvalue weighted by molar-refractivity contribution is 5.75. The van der Waals surface area contributed by atoms with Gasteiger partial charge in [-0.1, -0.05) is 5.21 Å². The summed E-state index contributed by atoms with van der Waals surface area (Å²) in [6.45, 7) is 3.61. The second kappa shape index (κ2) is 7.10. The van der Waals surface area contributed by atoms with Gasteiger partial charge in [-0.15, -0.1) is 5.10 Å². The van der Waals surface area contributed by atoms with E-state index in [1.807, 2.05) is 0 Å². The van der Waals surface area contributed by atoms with Crippen LogP contribution in [0.15, 0.2) is 12.4 Å². The minimum atomic E-state index is 0.0919. The highest BCUT2D eigenvalue weighted by Crippen LogP contribution is 2.12. The van der Waals surface area contributed by atoms with Gasteiger partial charge in [0.2, 0.25) is 5.91 Å². The molecule has 1 aromatic rings. The van der Waals surface area contributed by atoms with Crippen molar-refractivity contribution in [3.05, 3.63) is 12.4 Å². The Morgan fingerprint density at radius 2 is 2.50 bits per heavy atom. The number of aromatic nitrogens is 3. The fourth-order valence-electron chi connectivity index (χ4n) is 2.24. The van der Waals surface area contributed by atoms with Crippen LogP contribution in [0.2, 0.25) is 0 Å². The van der Waals surface area contributed by atoms with Crippen LogP contribution in [0.4, 0.5) is 0 Å². The molecule has 2 heterocycles. The molecule has 0 aliphatic carbocycles. The van der Waals surface area contributed by atoms with E-state index >= 15 is 0 Å². The Hall–Kier alpha value is -1.43. The molecule has 1 saturated heterocycles. The normalized spacial score (nSPS) is 19.7. The van der Waals surface area contributed by atoms with Gasteiger partial charge in [0.05, 0.1) is 12.7 Å². The molecule has 1 atom stereocenters. The number of piperidine rings is 1. The summed E-state index contributed by atoms with van der Waals surface area (Å²) in [7, 11) is 0. The van der Waals surface area contributed by atoms with Crippen LogP contribution in [0.3, 0.4) is 0 Å². The molecular weight excluding hydrogens is 230 g/mol. The second-order valence-electron chi connectivity index (χ2n) is 4.77. The van der Waals surface area contributed by atoms with E-state index in [0.29, 0.717) is 13.0 Å². The fraction of sp³-hybridized carbons (Fsp3) is 0.750.